The van der Waals surface area contributed by atoms with Crippen molar-refractivity contribution in [3.05, 3.63) is 46.8 Å². The molecule has 0 spiro atoms. The maximum absolute atomic E-state index is 12.5. The summed E-state index contributed by atoms with van der Waals surface area (Å²) >= 11 is 0. The first-order valence-corrected chi connectivity index (χ1v) is 7.05. The van der Waals surface area contributed by atoms with Gasteiger partial charge in [0, 0.05) is 12.8 Å². The standard InChI is InChI=1S/C15H17F3N3O/c16-15(17,18)10-3-1-9(2-4-10)5-6-21-8-13(21)11(19)7-12(20)14(21)22/h1-4,12H,5-8,19-20H2/q+1/t12-,21?/m1/s1. The summed E-state index contributed by atoms with van der Waals surface area (Å²) in [5.41, 5.74) is 13.4. The molecule has 1 amide bonds. The SMILES string of the molecule is NC1=C2C[N+]2(CCc2ccc(C(F)(F)F)cc2)C(=O)[C@H](N)C1. The van der Waals surface area contributed by atoms with Crippen molar-refractivity contribution in [2.45, 2.75) is 25.1 Å². The molecular formula is C15H17F3N3O+. The van der Waals surface area contributed by atoms with E-state index in [9.17, 15) is 18.0 Å². The lowest BCUT2D eigenvalue weighted by Gasteiger charge is -2.23. The Labute approximate surface area is 125 Å². The van der Waals surface area contributed by atoms with Crippen LogP contribution in [0, 0.1) is 0 Å². The number of carbonyl (C=O) groups excluding carboxylic acids is 1. The predicted molar refractivity (Wildman–Crippen MR) is 74.0 cm³/mol. The molecule has 2 atom stereocenters. The molecule has 2 aliphatic heterocycles. The van der Waals surface area contributed by atoms with Gasteiger partial charge in [0.25, 0.3) is 0 Å². The van der Waals surface area contributed by atoms with Crippen molar-refractivity contribution in [3.8, 4) is 0 Å². The first-order chi connectivity index (χ1) is 10.2. The fourth-order valence-electron chi connectivity index (χ4n) is 3.07. The molecule has 1 aromatic carbocycles. The number of hydrogen-bond donors (Lipinski definition) is 2. The molecule has 22 heavy (non-hydrogen) atoms. The molecular weight excluding hydrogens is 295 g/mol. The van der Waals surface area contributed by atoms with E-state index in [-0.39, 0.29) is 10.4 Å². The number of amides is 1. The minimum Gasteiger partial charge on any atom is -0.397 e. The van der Waals surface area contributed by atoms with Gasteiger partial charge >= 0.3 is 12.1 Å². The Morgan fingerprint density at radius 3 is 2.45 bits per heavy atom. The van der Waals surface area contributed by atoms with Crippen LogP contribution in [0.4, 0.5) is 13.2 Å². The Hall–Kier alpha value is -1.86. The second kappa shape index (κ2) is 4.82. The van der Waals surface area contributed by atoms with E-state index in [1.165, 1.54) is 12.1 Å². The van der Waals surface area contributed by atoms with Gasteiger partial charge in [-0.2, -0.15) is 13.2 Å². The van der Waals surface area contributed by atoms with Gasteiger partial charge in [0.15, 0.2) is 12.2 Å². The largest absolute Gasteiger partial charge is 0.416 e. The second-order valence-electron chi connectivity index (χ2n) is 5.92. The number of alkyl halides is 3. The van der Waals surface area contributed by atoms with Crippen LogP contribution in [-0.2, 0) is 17.4 Å². The number of rotatable bonds is 3. The highest BCUT2D eigenvalue weighted by molar-refractivity contribution is 5.80. The number of nitrogens with zero attached hydrogens (tertiary/aromatic N) is 1. The minimum absolute atomic E-state index is 0.0453. The molecule has 0 bridgehead atoms. The van der Waals surface area contributed by atoms with Gasteiger partial charge in [0.1, 0.15) is 6.04 Å². The Morgan fingerprint density at radius 1 is 1.23 bits per heavy atom. The van der Waals surface area contributed by atoms with Crippen molar-refractivity contribution < 1.29 is 22.4 Å². The zero-order chi connectivity index (χ0) is 16.1. The van der Waals surface area contributed by atoms with Gasteiger partial charge in [-0.25, -0.2) is 9.28 Å². The van der Waals surface area contributed by atoms with Crippen LogP contribution in [0.2, 0.25) is 0 Å². The Morgan fingerprint density at radius 2 is 1.86 bits per heavy atom. The van der Waals surface area contributed by atoms with E-state index >= 15 is 0 Å². The van der Waals surface area contributed by atoms with Crippen LogP contribution in [0.1, 0.15) is 17.5 Å². The lowest BCUT2D eigenvalue weighted by molar-refractivity contribution is -0.701. The van der Waals surface area contributed by atoms with Crippen molar-refractivity contribution in [2.24, 2.45) is 11.5 Å². The molecule has 7 heteroatoms. The predicted octanol–water partition coefficient (Wildman–Crippen LogP) is 1.51. The fraction of sp³-hybridized carbons (Fsp3) is 0.400. The molecule has 0 aromatic heterocycles. The monoisotopic (exact) mass is 312 g/mol. The lowest BCUT2D eigenvalue weighted by atomic mass is 10.1. The zero-order valence-electron chi connectivity index (χ0n) is 11.9. The fourth-order valence-corrected chi connectivity index (χ4v) is 3.07. The van der Waals surface area contributed by atoms with Crippen LogP contribution < -0.4 is 11.5 Å². The molecule has 0 saturated carbocycles. The topological polar surface area (TPSA) is 69.1 Å². The van der Waals surface area contributed by atoms with Crippen molar-refractivity contribution >= 4 is 5.91 Å². The summed E-state index contributed by atoms with van der Waals surface area (Å²) in [5, 5.41) is 0. The highest BCUT2D eigenvalue weighted by Crippen LogP contribution is 2.42. The minimum atomic E-state index is -4.33. The molecule has 0 aliphatic carbocycles. The molecule has 3 rings (SSSR count). The first kappa shape index (κ1) is 15.1. The van der Waals surface area contributed by atoms with Gasteiger partial charge in [-0.15, -0.1) is 0 Å². The number of hydrogen-bond acceptors (Lipinski definition) is 3. The van der Waals surface area contributed by atoms with E-state index < -0.39 is 17.8 Å². The number of nitrogens with two attached hydrogens (primary N) is 2. The number of quaternary nitrogens is 1. The molecule has 4 N–H and O–H groups in total. The van der Waals surface area contributed by atoms with Gasteiger partial charge in [0.05, 0.1) is 17.8 Å². The maximum atomic E-state index is 12.5. The van der Waals surface area contributed by atoms with Gasteiger partial charge in [0.2, 0.25) is 0 Å². The van der Waals surface area contributed by atoms with Crippen LogP contribution in [0.5, 0.6) is 0 Å². The maximum Gasteiger partial charge on any atom is 0.416 e. The Bertz CT molecular complexity index is 651. The molecule has 2 heterocycles. The molecule has 1 unspecified atom stereocenters. The van der Waals surface area contributed by atoms with Crippen LogP contribution in [0.3, 0.4) is 0 Å². The second-order valence-corrected chi connectivity index (χ2v) is 5.92. The average Bonchev–Trinajstić information content (AvgIpc) is 3.19. The molecule has 1 saturated heterocycles. The Kier molecular flexibility index (Phi) is 3.30. The molecule has 1 aromatic rings. The van der Waals surface area contributed by atoms with Crippen molar-refractivity contribution in [2.75, 3.05) is 13.1 Å². The summed E-state index contributed by atoms with van der Waals surface area (Å²) in [6, 6.07) is 4.44. The number of fused-ring (bicyclic) bond motifs is 1. The summed E-state index contributed by atoms with van der Waals surface area (Å²) < 4.78 is 37.7. The molecule has 0 radical (unpaired) electrons. The van der Waals surface area contributed by atoms with Crippen LogP contribution >= 0.6 is 0 Å². The summed E-state index contributed by atoms with van der Waals surface area (Å²) in [5.74, 6) is -0.0453. The third-order valence-electron chi connectivity index (χ3n) is 4.45. The van der Waals surface area contributed by atoms with Crippen LogP contribution in [0.15, 0.2) is 35.7 Å². The summed E-state index contributed by atoms with van der Waals surface area (Å²) in [6.45, 7) is 1.08. The van der Waals surface area contributed by atoms with Gasteiger partial charge in [-0.05, 0) is 17.7 Å². The third-order valence-corrected chi connectivity index (χ3v) is 4.45. The van der Waals surface area contributed by atoms with E-state index in [1.807, 2.05) is 0 Å². The highest BCUT2D eigenvalue weighted by Gasteiger charge is 2.62. The van der Waals surface area contributed by atoms with Crippen molar-refractivity contribution in [3.63, 3.8) is 0 Å². The smallest absolute Gasteiger partial charge is 0.397 e. The van der Waals surface area contributed by atoms with Gasteiger partial charge in [-0.1, -0.05) is 12.1 Å². The average molecular weight is 312 g/mol. The Balaban J connectivity index is 1.71. The van der Waals surface area contributed by atoms with E-state index in [2.05, 4.69) is 0 Å². The number of halogens is 3. The number of benzene rings is 1. The summed E-state index contributed by atoms with van der Waals surface area (Å²) in [7, 11) is 0. The zero-order valence-corrected chi connectivity index (χ0v) is 11.9. The quantitative estimate of drug-likeness (QED) is 0.656. The molecule has 4 nitrogen and oxygen atoms in total. The number of carbonyl (C=O) groups is 1. The van der Waals surface area contributed by atoms with Crippen molar-refractivity contribution in [1.29, 1.82) is 0 Å². The van der Waals surface area contributed by atoms with E-state index in [4.69, 9.17) is 11.5 Å². The highest BCUT2D eigenvalue weighted by atomic mass is 19.4. The van der Waals surface area contributed by atoms with Crippen LogP contribution in [0.25, 0.3) is 0 Å². The van der Waals surface area contributed by atoms with Crippen LogP contribution in [-0.4, -0.2) is 29.5 Å². The van der Waals surface area contributed by atoms with E-state index in [0.29, 0.717) is 31.6 Å². The normalized spacial score (nSPS) is 27.8. The summed E-state index contributed by atoms with van der Waals surface area (Å²) in [6.07, 6.45) is -3.43. The van der Waals surface area contributed by atoms with Gasteiger partial charge < -0.3 is 11.5 Å². The van der Waals surface area contributed by atoms with E-state index in [0.717, 1.165) is 23.4 Å². The van der Waals surface area contributed by atoms with Gasteiger partial charge in [-0.3, -0.25) is 0 Å². The first-order valence-electron chi connectivity index (χ1n) is 7.05. The van der Waals surface area contributed by atoms with E-state index in [1.54, 1.807) is 0 Å². The molecule has 1 fully saturated rings. The van der Waals surface area contributed by atoms with Crippen molar-refractivity contribution in [1.82, 2.24) is 0 Å². The lowest BCUT2D eigenvalue weighted by Crippen LogP contribution is -2.49. The summed E-state index contributed by atoms with van der Waals surface area (Å²) in [4.78, 5) is 12.2. The molecule has 118 valence electrons. The third kappa shape index (κ3) is 2.40. The molecule has 2 aliphatic rings.